The predicted octanol–water partition coefficient (Wildman–Crippen LogP) is 2.45. The Bertz CT molecular complexity index is 366. The lowest BCUT2D eigenvalue weighted by Crippen LogP contribution is -1.89. The van der Waals surface area contributed by atoms with Crippen LogP contribution in [0.1, 0.15) is 5.56 Å². The Hall–Kier alpha value is -1.89. The minimum Gasteiger partial charge on any atom is -0.258 e. The molecule has 4 nitrogen and oxygen atoms in total. The number of nitrogens with zero attached hydrogens (tertiary/aromatic N) is 2. The van der Waals surface area contributed by atoms with Gasteiger partial charge in [-0.3, -0.25) is 10.1 Å². The zero-order valence-electron chi connectivity index (χ0n) is 6.44. The minimum absolute atomic E-state index is 0.0578. The second kappa shape index (κ2) is 3.01. The van der Waals surface area contributed by atoms with Gasteiger partial charge in [-0.1, -0.05) is 0 Å². The summed E-state index contributed by atoms with van der Waals surface area (Å²) >= 11 is 0. The normalized spacial score (nSPS) is 9.00. The highest BCUT2D eigenvalue weighted by molar-refractivity contribution is 5.53. The van der Waals surface area contributed by atoms with Crippen LogP contribution in [0.15, 0.2) is 18.2 Å². The average Bonchev–Trinajstić information content (AvgIpc) is 2.03. The molecule has 1 aromatic rings. The molecule has 0 aliphatic carbocycles. The van der Waals surface area contributed by atoms with Crippen LogP contribution in [0.4, 0.5) is 11.4 Å². The summed E-state index contributed by atoms with van der Waals surface area (Å²) in [7, 11) is 0. The molecule has 0 saturated heterocycles. The first-order valence-corrected chi connectivity index (χ1v) is 3.27. The first-order valence-electron chi connectivity index (χ1n) is 3.27. The van der Waals surface area contributed by atoms with Crippen LogP contribution in [-0.2, 0) is 0 Å². The van der Waals surface area contributed by atoms with Gasteiger partial charge in [-0.05, 0) is 19.1 Å². The lowest BCUT2D eigenvalue weighted by Gasteiger charge is -1.95. The molecular weight excluding hydrogens is 156 g/mol. The first-order chi connectivity index (χ1) is 5.65. The number of rotatable bonds is 1. The van der Waals surface area contributed by atoms with Crippen molar-refractivity contribution in [3.05, 3.63) is 45.3 Å². The molecule has 12 heavy (non-hydrogen) atoms. The number of nitro groups is 1. The molecule has 0 fully saturated rings. The monoisotopic (exact) mass is 162 g/mol. The zero-order chi connectivity index (χ0) is 9.14. The van der Waals surface area contributed by atoms with E-state index in [1.54, 1.807) is 6.92 Å². The number of hydrogen-bond donors (Lipinski definition) is 0. The molecule has 0 bridgehead atoms. The van der Waals surface area contributed by atoms with Gasteiger partial charge in [0.05, 0.1) is 11.5 Å². The molecule has 0 aliphatic heterocycles. The largest absolute Gasteiger partial charge is 0.269 e. The number of benzene rings is 1. The smallest absolute Gasteiger partial charge is 0.258 e. The lowest BCUT2D eigenvalue weighted by molar-refractivity contribution is -0.385. The van der Waals surface area contributed by atoms with Gasteiger partial charge in [0.2, 0.25) is 0 Å². The maximum Gasteiger partial charge on any atom is 0.269 e. The SMILES string of the molecule is [C-]#[N+]c1ccc([N+](=O)[O-])c(C)c1. The molecule has 0 saturated carbocycles. The van der Waals surface area contributed by atoms with Gasteiger partial charge >= 0.3 is 0 Å². The van der Waals surface area contributed by atoms with E-state index in [1.165, 1.54) is 18.2 Å². The Labute approximate surface area is 69.4 Å². The van der Waals surface area contributed by atoms with Crippen molar-refractivity contribution in [1.29, 1.82) is 0 Å². The predicted molar refractivity (Wildman–Crippen MR) is 44.1 cm³/mol. The van der Waals surface area contributed by atoms with Crippen LogP contribution in [0.25, 0.3) is 4.85 Å². The third kappa shape index (κ3) is 1.40. The summed E-state index contributed by atoms with van der Waals surface area (Å²) in [5, 5.41) is 10.3. The van der Waals surface area contributed by atoms with Gasteiger partial charge in [0.1, 0.15) is 0 Å². The standard InChI is InChI=1S/C8H6N2O2/c1-6-5-7(9-2)3-4-8(6)10(11)12/h3-5H,1H3. The van der Waals surface area contributed by atoms with Crippen LogP contribution in [0, 0.1) is 23.6 Å². The minimum atomic E-state index is -0.455. The Morgan fingerprint density at radius 3 is 2.67 bits per heavy atom. The highest BCUT2D eigenvalue weighted by Gasteiger charge is 2.08. The molecule has 0 amide bonds. The second-order valence-corrected chi connectivity index (χ2v) is 2.34. The van der Waals surface area contributed by atoms with Gasteiger partial charge in [0, 0.05) is 11.6 Å². The molecular formula is C8H6N2O2. The summed E-state index contributed by atoms with van der Waals surface area (Å²) in [6.07, 6.45) is 0. The molecule has 4 heteroatoms. The van der Waals surface area contributed by atoms with Crippen LogP contribution in [-0.4, -0.2) is 4.92 Å². The Morgan fingerprint density at radius 2 is 2.25 bits per heavy atom. The molecule has 0 aromatic heterocycles. The van der Waals surface area contributed by atoms with Crippen LogP contribution in [0.3, 0.4) is 0 Å². The molecule has 0 radical (unpaired) electrons. The van der Waals surface area contributed by atoms with Crippen molar-refractivity contribution in [2.75, 3.05) is 0 Å². The van der Waals surface area contributed by atoms with Crippen LogP contribution >= 0.6 is 0 Å². The number of hydrogen-bond acceptors (Lipinski definition) is 2. The van der Waals surface area contributed by atoms with E-state index >= 15 is 0 Å². The lowest BCUT2D eigenvalue weighted by atomic mass is 10.2. The van der Waals surface area contributed by atoms with Gasteiger partial charge in [-0.2, -0.15) is 0 Å². The molecule has 1 aromatic carbocycles. The third-order valence-electron chi connectivity index (χ3n) is 1.51. The van der Waals surface area contributed by atoms with Crippen molar-refractivity contribution < 1.29 is 4.92 Å². The van der Waals surface area contributed by atoms with E-state index in [4.69, 9.17) is 6.57 Å². The van der Waals surface area contributed by atoms with Crippen LogP contribution < -0.4 is 0 Å². The van der Waals surface area contributed by atoms with E-state index in [0.29, 0.717) is 11.3 Å². The second-order valence-electron chi connectivity index (χ2n) is 2.34. The zero-order valence-corrected chi connectivity index (χ0v) is 6.44. The Kier molecular flexibility index (Phi) is 2.06. The molecule has 1 rings (SSSR count). The summed E-state index contributed by atoms with van der Waals surface area (Å²) in [4.78, 5) is 13.1. The average molecular weight is 162 g/mol. The van der Waals surface area contributed by atoms with Crippen LogP contribution in [0.5, 0.6) is 0 Å². The third-order valence-corrected chi connectivity index (χ3v) is 1.51. The summed E-state index contributed by atoms with van der Waals surface area (Å²) in [5.41, 5.74) is 1.01. The van der Waals surface area contributed by atoms with E-state index in [0.717, 1.165) is 0 Å². The maximum absolute atomic E-state index is 10.3. The van der Waals surface area contributed by atoms with Gasteiger partial charge in [-0.15, -0.1) is 0 Å². The van der Waals surface area contributed by atoms with Crippen molar-refractivity contribution in [1.82, 2.24) is 0 Å². The molecule has 0 N–H and O–H groups in total. The summed E-state index contributed by atoms with van der Waals surface area (Å²) < 4.78 is 0. The Morgan fingerprint density at radius 1 is 1.58 bits per heavy atom. The molecule has 0 unspecified atom stereocenters. The van der Waals surface area contributed by atoms with Gasteiger partial charge in [0.15, 0.2) is 5.69 Å². The fraction of sp³-hybridized carbons (Fsp3) is 0.125. The van der Waals surface area contributed by atoms with E-state index in [9.17, 15) is 10.1 Å². The van der Waals surface area contributed by atoms with Crippen molar-refractivity contribution >= 4 is 11.4 Å². The summed E-state index contributed by atoms with van der Waals surface area (Å²) in [5.74, 6) is 0. The van der Waals surface area contributed by atoms with Crippen molar-refractivity contribution in [3.63, 3.8) is 0 Å². The fourth-order valence-electron chi connectivity index (χ4n) is 0.914. The highest BCUT2D eigenvalue weighted by atomic mass is 16.6. The molecule has 0 aliphatic rings. The topological polar surface area (TPSA) is 47.5 Å². The summed E-state index contributed by atoms with van der Waals surface area (Å²) in [6.45, 7) is 8.29. The number of aryl methyl sites for hydroxylation is 1. The van der Waals surface area contributed by atoms with E-state index in [-0.39, 0.29) is 5.69 Å². The van der Waals surface area contributed by atoms with Crippen molar-refractivity contribution in [2.24, 2.45) is 0 Å². The van der Waals surface area contributed by atoms with Crippen molar-refractivity contribution in [2.45, 2.75) is 6.92 Å². The quantitative estimate of drug-likeness (QED) is 0.361. The molecule has 60 valence electrons. The van der Waals surface area contributed by atoms with E-state index in [1.807, 2.05) is 0 Å². The van der Waals surface area contributed by atoms with Crippen LogP contribution in [0.2, 0.25) is 0 Å². The number of nitro benzene ring substituents is 1. The molecule has 0 atom stereocenters. The summed E-state index contributed by atoms with van der Waals surface area (Å²) in [6, 6.07) is 4.30. The van der Waals surface area contributed by atoms with Crippen molar-refractivity contribution in [3.8, 4) is 0 Å². The molecule has 0 spiro atoms. The fourth-order valence-corrected chi connectivity index (χ4v) is 0.914. The van der Waals surface area contributed by atoms with Gasteiger partial charge in [0.25, 0.3) is 5.69 Å². The van der Waals surface area contributed by atoms with Gasteiger partial charge < -0.3 is 0 Å². The van der Waals surface area contributed by atoms with E-state index < -0.39 is 4.92 Å². The van der Waals surface area contributed by atoms with Gasteiger partial charge in [-0.25, -0.2) is 4.85 Å². The van der Waals surface area contributed by atoms with E-state index in [2.05, 4.69) is 4.85 Å². The molecule has 0 heterocycles. The Balaban J connectivity index is 3.23. The first kappa shape index (κ1) is 8.21. The highest BCUT2D eigenvalue weighted by Crippen LogP contribution is 2.22. The maximum atomic E-state index is 10.3.